The lowest BCUT2D eigenvalue weighted by atomic mass is 10.1. The number of rotatable bonds is 7. The molecule has 0 radical (unpaired) electrons. The van der Waals surface area contributed by atoms with E-state index in [9.17, 15) is 4.79 Å². The van der Waals surface area contributed by atoms with Gasteiger partial charge in [-0.1, -0.05) is 35.9 Å². The minimum Gasteiger partial charge on any atom is -0.490 e. The van der Waals surface area contributed by atoms with Crippen LogP contribution in [0.3, 0.4) is 0 Å². The molecule has 0 N–H and O–H groups in total. The zero-order chi connectivity index (χ0) is 15.8. The van der Waals surface area contributed by atoms with Gasteiger partial charge in [-0.05, 0) is 29.8 Å². The molecular weight excluding hydrogens is 304 g/mol. The molecule has 0 bridgehead atoms. The molecule has 0 heterocycles. The summed E-state index contributed by atoms with van der Waals surface area (Å²) < 4.78 is 15.7. The Labute approximate surface area is 134 Å². The van der Waals surface area contributed by atoms with Crippen LogP contribution >= 0.6 is 11.6 Å². The van der Waals surface area contributed by atoms with Gasteiger partial charge in [0.25, 0.3) is 0 Å². The van der Waals surface area contributed by atoms with Gasteiger partial charge in [0.05, 0.1) is 18.6 Å². The predicted molar refractivity (Wildman–Crippen MR) is 84.6 cm³/mol. The molecule has 0 saturated carbocycles. The molecule has 0 amide bonds. The summed E-state index contributed by atoms with van der Waals surface area (Å²) in [4.78, 5) is 11.2. The predicted octanol–water partition coefficient (Wildman–Crippen LogP) is 3.51. The highest BCUT2D eigenvalue weighted by molar-refractivity contribution is 6.32. The van der Waals surface area contributed by atoms with E-state index in [0.717, 1.165) is 11.3 Å². The number of para-hydroxylation sites is 1. The van der Waals surface area contributed by atoms with Crippen molar-refractivity contribution in [1.82, 2.24) is 0 Å². The minimum absolute atomic E-state index is 0.256. The van der Waals surface area contributed by atoms with Crippen molar-refractivity contribution in [1.29, 1.82) is 0 Å². The van der Waals surface area contributed by atoms with Crippen LogP contribution in [-0.4, -0.2) is 26.3 Å². The fraction of sp³-hybridized carbons (Fsp3) is 0.235. The van der Waals surface area contributed by atoms with Crippen LogP contribution in [0.1, 0.15) is 5.56 Å². The third kappa shape index (κ3) is 4.97. The summed E-state index contributed by atoms with van der Waals surface area (Å²) in [5.41, 5.74) is 0.881. The number of hydrogen-bond acceptors (Lipinski definition) is 4. The van der Waals surface area contributed by atoms with E-state index < -0.39 is 0 Å². The van der Waals surface area contributed by atoms with Crippen LogP contribution < -0.4 is 9.47 Å². The molecule has 0 unspecified atom stereocenters. The number of methoxy groups -OCH3 is 1. The fourth-order valence-electron chi connectivity index (χ4n) is 1.82. The van der Waals surface area contributed by atoms with Gasteiger partial charge in [0.15, 0.2) is 0 Å². The molecule has 22 heavy (non-hydrogen) atoms. The van der Waals surface area contributed by atoms with Crippen molar-refractivity contribution in [3.8, 4) is 11.5 Å². The highest BCUT2D eigenvalue weighted by atomic mass is 35.5. The normalized spacial score (nSPS) is 10.1. The number of halogens is 1. The van der Waals surface area contributed by atoms with E-state index in [2.05, 4.69) is 4.74 Å². The molecule has 0 aromatic heterocycles. The standard InChI is InChI=1S/C17H17ClO4/c1-20-17(19)12-13-6-8-14(9-7-13)21-10-11-22-16-5-3-2-4-15(16)18/h2-9H,10-12H2,1H3. The van der Waals surface area contributed by atoms with Crippen molar-refractivity contribution in [3.63, 3.8) is 0 Å². The summed E-state index contributed by atoms with van der Waals surface area (Å²) in [6.07, 6.45) is 0.256. The van der Waals surface area contributed by atoms with Gasteiger partial charge in [0.1, 0.15) is 24.7 Å². The Morgan fingerprint density at radius 2 is 1.68 bits per heavy atom. The first-order valence-electron chi connectivity index (χ1n) is 6.85. The zero-order valence-electron chi connectivity index (χ0n) is 12.3. The average Bonchev–Trinajstić information content (AvgIpc) is 2.54. The molecule has 0 atom stereocenters. The van der Waals surface area contributed by atoms with E-state index >= 15 is 0 Å². The maximum Gasteiger partial charge on any atom is 0.309 e. The summed E-state index contributed by atoms with van der Waals surface area (Å²) in [6, 6.07) is 14.6. The van der Waals surface area contributed by atoms with Crippen LogP contribution in [0.25, 0.3) is 0 Å². The largest absolute Gasteiger partial charge is 0.490 e. The lowest BCUT2D eigenvalue weighted by Crippen LogP contribution is -2.09. The van der Waals surface area contributed by atoms with Crippen LogP contribution in [0.2, 0.25) is 5.02 Å². The number of carbonyl (C=O) groups is 1. The Kier molecular flexibility index (Phi) is 6.10. The van der Waals surface area contributed by atoms with Crippen LogP contribution in [0.15, 0.2) is 48.5 Å². The summed E-state index contributed by atoms with van der Waals surface area (Å²) in [7, 11) is 1.37. The van der Waals surface area contributed by atoms with Crippen LogP contribution in [0, 0.1) is 0 Å². The third-order valence-electron chi connectivity index (χ3n) is 2.95. The summed E-state index contributed by atoms with van der Waals surface area (Å²) in [6.45, 7) is 0.801. The Bertz CT molecular complexity index is 610. The SMILES string of the molecule is COC(=O)Cc1ccc(OCCOc2ccccc2Cl)cc1. The van der Waals surface area contributed by atoms with E-state index in [-0.39, 0.29) is 12.4 Å². The molecule has 0 aliphatic carbocycles. The maximum atomic E-state index is 11.2. The Morgan fingerprint density at radius 3 is 2.36 bits per heavy atom. The topological polar surface area (TPSA) is 44.8 Å². The summed E-state index contributed by atoms with van der Waals surface area (Å²) >= 11 is 5.99. The lowest BCUT2D eigenvalue weighted by molar-refractivity contribution is -0.139. The molecule has 0 aliphatic rings. The maximum absolute atomic E-state index is 11.2. The number of esters is 1. The third-order valence-corrected chi connectivity index (χ3v) is 3.26. The van der Waals surface area contributed by atoms with E-state index in [1.807, 2.05) is 42.5 Å². The van der Waals surface area contributed by atoms with Gasteiger partial charge in [-0.3, -0.25) is 4.79 Å². The Morgan fingerprint density at radius 1 is 1.00 bits per heavy atom. The van der Waals surface area contributed by atoms with Crippen LogP contribution in [0.5, 0.6) is 11.5 Å². The van der Waals surface area contributed by atoms with Crippen molar-refractivity contribution >= 4 is 17.6 Å². The van der Waals surface area contributed by atoms with Crippen molar-refractivity contribution < 1.29 is 19.0 Å². The van der Waals surface area contributed by atoms with Crippen molar-refractivity contribution in [2.75, 3.05) is 20.3 Å². The molecule has 0 fully saturated rings. The molecule has 0 aliphatic heterocycles. The number of benzene rings is 2. The van der Waals surface area contributed by atoms with Gasteiger partial charge in [-0.25, -0.2) is 0 Å². The zero-order valence-corrected chi connectivity index (χ0v) is 13.0. The molecule has 2 rings (SSSR count). The van der Waals surface area contributed by atoms with Gasteiger partial charge in [-0.15, -0.1) is 0 Å². The number of carbonyl (C=O) groups excluding carboxylic acids is 1. The molecule has 0 saturated heterocycles. The molecule has 5 heteroatoms. The number of hydrogen-bond donors (Lipinski definition) is 0. The van der Waals surface area contributed by atoms with Crippen LogP contribution in [0.4, 0.5) is 0 Å². The second-order valence-corrected chi connectivity index (χ2v) is 4.93. The second kappa shape index (κ2) is 8.29. The monoisotopic (exact) mass is 320 g/mol. The molecule has 4 nitrogen and oxygen atoms in total. The quantitative estimate of drug-likeness (QED) is 0.578. The van der Waals surface area contributed by atoms with E-state index in [4.69, 9.17) is 21.1 Å². The summed E-state index contributed by atoms with van der Waals surface area (Å²) in [5.74, 6) is 1.10. The molecule has 116 valence electrons. The Balaban J connectivity index is 1.75. The van der Waals surface area contributed by atoms with E-state index in [0.29, 0.717) is 24.0 Å². The van der Waals surface area contributed by atoms with E-state index in [1.54, 1.807) is 6.07 Å². The van der Waals surface area contributed by atoms with Gasteiger partial charge in [0.2, 0.25) is 0 Å². The first-order valence-corrected chi connectivity index (χ1v) is 7.22. The van der Waals surface area contributed by atoms with Crippen molar-refractivity contribution in [3.05, 3.63) is 59.1 Å². The highest BCUT2D eigenvalue weighted by Crippen LogP contribution is 2.23. The molecular formula is C17H17ClO4. The average molecular weight is 321 g/mol. The lowest BCUT2D eigenvalue weighted by Gasteiger charge is -2.09. The second-order valence-electron chi connectivity index (χ2n) is 4.52. The van der Waals surface area contributed by atoms with Gasteiger partial charge in [-0.2, -0.15) is 0 Å². The smallest absolute Gasteiger partial charge is 0.309 e. The number of ether oxygens (including phenoxy) is 3. The van der Waals surface area contributed by atoms with Crippen LogP contribution in [-0.2, 0) is 16.0 Å². The van der Waals surface area contributed by atoms with E-state index in [1.165, 1.54) is 7.11 Å². The first-order chi connectivity index (χ1) is 10.7. The minimum atomic E-state index is -0.262. The molecule has 2 aromatic carbocycles. The summed E-state index contributed by atoms with van der Waals surface area (Å²) in [5, 5.41) is 0.578. The van der Waals surface area contributed by atoms with Gasteiger partial charge < -0.3 is 14.2 Å². The first kappa shape index (κ1) is 16.2. The fourth-order valence-corrected chi connectivity index (χ4v) is 2.01. The highest BCUT2D eigenvalue weighted by Gasteiger charge is 2.03. The van der Waals surface area contributed by atoms with Gasteiger partial charge in [0, 0.05) is 0 Å². The Hall–Kier alpha value is -2.20. The van der Waals surface area contributed by atoms with Gasteiger partial charge >= 0.3 is 5.97 Å². The molecule has 0 spiro atoms. The van der Waals surface area contributed by atoms with Crippen molar-refractivity contribution in [2.24, 2.45) is 0 Å². The van der Waals surface area contributed by atoms with Crippen molar-refractivity contribution in [2.45, 2.75) is 6.42 Å². The molecule has 2 aromatic rings.